The first-order valence-corrected chi connectivity index (χ1v) is 12.9. The van der Waals surface area contributed by atoms with Crippen molar-refractivity contribution < 1.29 is 28.2 Å². The summed E-state index contributed by atoms with van der Waals surface area (Å²) < 4.78 is 31.7. The van der Waals surface area contributed by atoms with Gasteiger partial charge in [0.25, 0.3) is 0 Å². The van der Waals surface area contributed by atoms with Crippen molar-refractivity contribution in [3.8, 4) is 11.4 Å². The molecule has 206 valence electrons. The molecular formula is C28H25F3N6O3. The molecule has 12 heteroatoms. The predicted molar refractivity (Wildman–Crippen MR) is 143 cm³/mol. The highest BCUT2D eigenvalue weighted by atomic mass is 19.4. The number of pyridine rings is 2. The molecule has 9 nitrogen and oxygen atoms in total. The first-order chi connectivity index (χ1) is 19.2. The van der Waals surface area contributed by atoms with Gasteiger partial charge in [0, 0.05) is 52.7 Å². The van der Waals surface area contributed by atoms with Crippen LogP contribution in [0.4, 0.5) is 19.0 Å². The third-order valence-electron chi connectivity index (χ3n) is 7.28. The van der Waals surface area contributed by atoms with Crippen LogP contribution in [0.1, 0.15) is 37.2 Å². The van der Waals surface area contributed by atoms with Gasteiger partial charge < -0.3 is 20.1 Å². The zero-order chi connectivity index (χ0) is 28.0. The number of aliphatic hydroxyl groups is 1. The summed E-state index contributed by atoms with van der Waals surface area (Å²) >= 11 is 0. The number of carboxylic acids is 1. The van der Waals surface area contributed by atoms with Crippen LogP contribution in [0.3, 0.4) is 0 Å². The van der Waals surface area contributed by atoms with Crippen LogP contribution in [0.25, 0.3) is 44.2 Å². The highest BCUT2D eigenvalue weighted by Gasteiger charge is 2.38. The zero-order valence-electron chi connectivity index (χ0n) is 21.2. The van der Waals surface area contributed by atoms with Gasteiger partial charge in [0.15, 0.2) is 5.82 Å². The molecule has 1 saturated carbocycles. The number of piperidine rings is 1. The molecule has 3 N–H and O–H groups in total. The number of aromatic amines is 1. The lowest BCUT2D eigenvalue weighted by Gasteiger charge is -2.31. The van der Waals surface area contributed by atoms with Crippen LogP contribution < -0.4 is 4.90 Å². The molecule has 5 heterocycles. The number of carbonyl (C=O) groups is 1. The van der Waals surface area contributed by atoms with Crippen LogP contribution in [0.2, 0.25) is 0 Å². The number of aromatic nitrogens is 5. The number of para-hydroxylation sites is 1. The summed E-state index contributed by atoms with van der Waals surface area (Å²) in [6.07, 6.45) is 4.26. The monoisotopic (exact) mass is 550 g/mol. The number of nitrogens with zero attached hydrogens (tertiary/aromatic N) is 5. The Morgan fingerprint density at radius 1 is 1.00 bits per heavy atom. The molecule has 1 aliphatic carbocycles. The molecule has 0 radical (unpaired) electrons. The van der Waals surface area contributed by atoms with Gasteiger partial charge in [-0.15, -0.1) is 0 Å². The number of aliphatic carboxylic acids is 1. The fraction of sp³-hybridized carbons (Fsp3) is 0.321. The summed E-state index contributed by atoms with van der Waals surface area (Å²) in [5.74, 6) is -0.551. The molecule has 1 aromatic carbocycles. The Balaban J connectivity index is 0.000000370. The summed E-state index contributed by atoms with van der Waals surface area (Å²) in [6.45, 7) is 1.58. The standard InChI is InChI=1S/C26H24N6O.C2HF3O2/c33-16-8-11-32(12-9-16)26-23-19(15-5-6-15)13-27-14-21(23)30-24(31-26)18-7-10-28-25-22(18)17-3-1-2-4-20(17)29-25;3-2(4,5)1(6)7/h1-4,7,10,13-16,33H,5-6,8-9,11-12H2,(H,28,29);(H,6,7). The van der Waals surface area contributed by atoms with Gasteiger partial charge in [0.2, 0.25) is 0 Å². The quantitative estimate of drug-likeness (QED) is 0.280. The average molecular weight is 551 g/mol. The van der Waals surface area contributed by atoms with E-state index >= 15 is 0 Å². The molecular weight excluding hydrogens is 525 g/mol. The van der Waals surface area contributed by atoms with E-state index in [1.165, 1.54) is 18.4 Å². The van der Waals surface area contributed by atoms with E-state index in [9.17, 15) is 18.3 Å². The molecule has 0 bridgehead atoms. The molecule has 2 aliphatic rings. The van der Waals surface area contributed by atoms with Crippen molar-refractivity contribution in [2.45, 2.75) is 43.9 Å². The second kappa shape index (κ2) is 10.0. The smallest absolute Gasteiger partial charge is 0.475 e. The van der Waals surface area contributed by atoms with Crippen molar-refractivity contribution in [1.29, 1.82) is 0 Å². The molecule has 4 aromatic heterocycles. The van der Waals surface area contributed by atoms with E-state index in [4.69, 9.17) is 19.9 Å². The molecule has 7 rings (SSSR count). The minimum absolute atomic E-state index is 0.232. The summed E-state index contributed by atoms with van der Waals surface area (Å²) in [5, 5.41) is 20.5. The number of rotatable bonds is 3. The van der Waals surface area contributed by atoms with Gasteiger partial charge in [-0.25, -0.2) is 19.7 Å². The number of fused-ring (bicyclic) bond motifs is 4. The second-order valence-corrected chi connectivity index (χ2v) is 10.0. The van der Waals surface area contributed by atoms with Gasteiger partial charge in [0.1, 0.15) is 11.5 Å². The summed E-state index contributed by atoms with van der Waals surface area (Å²) in [5.41, 5.74) is 5.00. The van der Waals surface area contributed by atoms with Crippen LogP contribution in [-0.2, 0) is 4.79 Å². The first-order valence-electron chi connectivity index (χ1n) is 12.9. The van der Waals surface area contributed by atoms with Crippen LogP contribution in [0.5, 0.6) is 0 Å². The van der Waals surface area contributed by atoms with Crippen molar-refractivity contribution >= 4 is 44.6 Å². The molecule has 40 heavy (non-hydrogen) atoms. The Kier molecular flexibility index (Phi) is 6.49. The number of anilines is 1. The molecule has 0 unspecified atom stereocenters. The lowest BCUT2D eigenvalue weighted by molar-refractivity contribution is -0.192. The number of hydrogen-bond donors (Lipinski definition) is 3. The van der Waals surface area contributed by atoms with Crippen LogP contribution in [-0.4, -0.2) is 66.5 Å². The van der Waals surface area contributed by atoms with Crippen molar-refractivity contribution in [2.24, 2.45) is 0 Å². The Bertz CT molecular complexity index is 1730. The van der Waals surface area contributed by atoms with Gasteiger partial charge in [-0.3, -0.25) is 4.98 Å². The van der Waals surface area contributed by atoms with Gasteiger partial charge >= 0.3 is 12.1 Å². The van der Waals surface area contributed by atoms with Crippen LogP contribution in [0.15, 0.2) is 48.9 Å². The van der Waals surface area contributed by atoms with E-state index in [1.807, 2.05) is 36.8 Å². The van der Waals surface area contributed by atoms with E-state index in [-0.39, 0.29) is 6.10 Å². The van der Waals surface area contributed by atoms with Gasteiger partial charge in [0.05, 0.1) is 17.8 Å². The minimum atomic E-state index is -5.08. The van der Waals surface area contributed by atoms with E-state index in [1.54, 1.807) is 0 Å². The predicted octanol–water partition coefficient (Wildman–Crippen LogP) is 5.19. The number of alkyl halides is 3. The van der Waals surface area contributed by atoms with Crippen molar-refractivity contribution in [1.82, 2.24) is 24.9 Å². The van der Waals surface area contributed by atoms with Gasteiger partial charge in [-0.1, -0.05) is 18.2 Å². The summed E-state index contributed by atoms with van der Waals surface area (Å²) in [7, 11) is 0. The number of hydrogen-bond acceptors (Lipinski definition) is 7. The van der Waals surface area contributed by atoms with Crippen LogP contribution in [0, 0.1) is 0 Å². The Hall–Kier alpha value is -4.32. The Morgan fingerprint density at radius 2 is 1.73 bits per heavy atom. The number of halogens is 3. The lowest BCUT2D eigenvalue weighted by atomic mass is 10.0. The molecule has 1 saturated heterocycles. The summed E-state index contributed by atoms with van der Waals surface area (Å²) in [6, 6.07) is 10.3. The fourth-order valence-corrected chi connectivity index (χ4v) is 5.17. The molecule has 2 fully saturated rings. The van der Waals surface area contributed by atoms with E-state index < -0.39 is 12.1 Å². The highest BCUT2D eigenvalue weighted by molar-refractivity contribution is 6.12. The zero-order valence-corrected chi connectivity index (χ0v) is 21.2. The normalized spacial score (nSPS) is 16.4. The molecule has 1 aliphatic heterocycles. The average Bonchev–Trinajstić information content (AvgIpc) is 3.72. The fourth-order valence-electron chi connectivity index (χ4n) is 5.17. The van der Waals surface area contributed by atoms with Crippen molar-refractivity contribution in [3.63, 3.8) is 0 Å². The highest BCUT2D eigenvalue weighted by Crippen LogP contribution is 2.45. The Labute approximate surface area is 225 Å². The van der Waals surface area contributed by atoms with Gasteiger partial charge in [-0.05, 0) is 49.3 Å². The third kappa shape index (κ3) is 4.90. The first kappa shape index (κ1) is 25.9. The number of carboxylic acid groups (broad SMARTS) is 1. The topological polar surface area (TPSA) is 128 Å². The van der Waals surface area contributed by atoms with E-state index in [0.29, 0.717) is 11.7 Å². The lowest BCUT2D eigenvalue weighted by Crippen LogP contribution is -2.36. The number of nitrogens with one attached hydrogen (secondary N) is 1. The van der Waals surface area contributed by atoms with E-state index in [2.05, 4.69) is 32.0 Å². The molecule has 0 amide bonds. The van der Waals surface area contributed by atoms with E-state index in [0.717, 1.165) is 70.2 Å². The number of H-pyrrole nitrogens is 1. The maximum Gasteiger partial charge on any atom is 0.490 e. The SMILES string of the molecule is O=C(O)C(F)(F)F.OC1CCN(c2nc(-c3ccnc4[nH]c5ccccc5c34)nc3cncc(C4CC4)c23)CC1. The molecule has 0 atom stereocenters. The summed E-state index contributed by atoms with van der Waals surface area (Å²) in [4.78, 5) is 34.0. The van der Waals surface area contributed by atoms with Gasteiger partial charge in [-0.2, -0.15) is 13.2 Å². The number of benzene rings is 1. The molecule has 5 aromatic rings. The van der Waals surface area contributed by atoms with Crippen molar-refractivity contribution in [3.05, 3.63) is 54.5 Å². The second-order valence-electron chi connectivity index (χ2n) is 10.0. The maximum absolute atomic E-state index is 10.6. The van der Waals surface area contributed by atoms with Crippen molar-refractivity contribution in [2.75, 3.05) is 18.0 Å². The number of aliphatic hydroxyl groups excluding tert-OH is 1. The maximum atomic E-state index is 10.6. The van der Waals surface area contributed by atoms with Crippen LogP contribution >= 0.6 is 0 Å². The minimum Gasteiger partial charge on any atom is -0.475 e. The largest absolute Gasteiger partial charge is 0.490 e. The molecule has 0 spiro atoms. The third-order valence-corrected chi connectivity index (χ3v) is 7.28. The Morgan fingerprint density at radius 3 is 2.42 bits per heavy atom.